The Morgan fingerprint density at radius 2 is 2.11 bits per heavy atom. The van der Waals surface area contributed by atoms with E-state index in [-0.39, 0.29) is 23.1 Å². The summed E-state index contributed by atoms with van der Waals surface area (Å²) in [5.41, 5.74) is 5.77. The number of ether oxygens (including phenoxy) is 1. The second-order valence-corrected chi connectivity index (χ2v) is 6.54. The van der Waals surface area contributed by atoms with Gasteiger partial charge >= 0.3 is 0 Å². The van der Waals surface area contributed by atoms with Crippen LogP contribution >= 0.6 is 0 Å². The summed E-state index contributed by atoms with van der Waals surface area (Å²) >= 11 is 0. The van der Waals surface area contributed by atoms with E-state index in [1.807, 2.05) is 0 Å². The highest BCUT2D eigenvalue weighted by Crippen LogP contribution is 2.15. The maximum atomic E-state index is 11.9. The van der Waals surface area contributed by atoms with Crippen LogP contribution < -0.4 is 5.73 Å². The molecule has 0 bridgehead atoms. The summed E-state index contributed by atoms with van der Waals surface area (Å²) in [6, 6.07) is 3.13. The number of hydrogen-bond donors (Lipinski definition) is 1. The standard InChI is InChI=1S/C12H20N2O3S/c1-10(2)5-7-17-8-9-18(15,16)12-11(13)4-3-6-14-12/h3-4,6,10H,5,7-9,13H2,1-2H3. The zero-order valence-corrected chi connectivity index (χ0v) is 11.6. The topological polar surface area (TPSA) is 82.3 Å². The van der Waals surface area contributed by atoms with E-state index < -0.39 is 9.84 Å². The van der Waals surface area contributed by atoms with Gasteiger partial charge in [0.05, 0.1) is 18.0 Å². The zero-order valence-electron chi connectivity index (χ0n) is 10.8. The lowest BCUT2D eigenvalue weighted by molar-refractivity contribution is 0.137. The van der Waals surface area contributed by atoms with Gasteiger partial charge in [0.15, 0.2) is 14.9 Å². The van der Waals surface area contributed by atoms with Crippen LogP contribution in [0.2, 0.25) is 0 Å². The van der Waals surface area contributed by atoms with Crippen molar-refractivity contribution in [3.8, 4) is 0 Å². The van der Waals surface area contributed by atoms with Crippen molar-refractivity contribution < 1.29 is 13.2 Å². The Labute approximate surface area is 108 Å². The SMILES string of the molecule is CC(C)CCOCCS(=O)(=O)c1ncccc1N. The van der Waals surface area contributed by atoms with Gasteiger partial charge in [-0.3, -0.25) is 0 Å². The van der Waals surface area contributed by atoms with E-state index in [9.17, 15) is 8.42 Å². The lowest BCUT2D eigenvalue weighted by Gasteiger charge is -2.08. The van der Waals surface area contributed by atoms with E-state index in [0.29, 0.717) is 12.5 Å². The third kappa shape index (κ3) is 4.62. The van der Waals surface area contributed by atoms with Crippen LogP contribution in [-0.4, -0.2) is 32.4 Å². The number of pyridine rings is 1. The first-order valence-electron chi connectivity index (χ1n) is 5.94. The molecule has 0 atom stereocenters. The van der Waals surface area contributed by atoms with Crippen molar-refractivity contribution in [3.63, 3.8) is 0 Å². The van der Waals surface area contributed by atoms with Crippen LogP contribution in [0.1, 0.15) is 20.3 Å². The monoisotopic (exact) mass is 272 g/mol. The summed E-state index contributed by atoms with van der Waals surface area (Å²) in [6.07, 6.45) is 2.34. The average molecular weight is 272 g/mol. The van der Waals surface area contributed by atoms with Crippen molar-refractivity contribution in [2.24, 2.45) is 5.92 Å². The number of nitrogen functional groups attached to an aromatic ring is 1. The molecule has 1 aromatic heterocycles. The van der Waals surface area contributed by atoms with Gasteiger partial charge in [-0.2, -0.15) is 0 Å². The van der Waals surface area contributed by atoms with E-state index in [1.54, 1.807) is 6.07 Å². The van der Waals surface area contributed by atoms with Crippen LogP contribution in [0.4, 0.5) is 5.69 Å². The summed E-state index contributed by atoms with van der Waals surface area (Å²) in [4.78, 5) is 3.81. The number of hydrogen-bond acceptors (Lipinski definition) is 5. The maximum Gasteiger partial charge on any atom is 0.199 e. The minimum Gasteiger partial charge on any atom is -0.396 e. The Bertz CT molecular complexity index is 472. The summed E-state index contributed by atoms with van der Waals surface area (Å²) in [7, 11) is -3.45. The molecule has 1 heterocycles. The van der Waals surface area contributed by atoms with Crippen LogP contribution in [0, 0.1) is 5.92 Å². The number of aromatic nitrogens is 1. The molecule has 1 rings (SSSR count). The normalized spacial score (nSPS) is 11.9. The smallest absolute Gasteiger partial charge is 0.199 e. The van der Waals surface area contributed by atoms with E-state index in [1.165, 1.54) is 12.3 Å². The highest BCUT2D eigenvalue weighted by atomic mass is 32.2. The third-order valence-electron chi connectivity index (χ3n) is 2.43. The fraction of sp³-hybridized carbons (Fsp3) is 0.583. The van der Waals surface area contributed by atoms with Crippen LogP contribution in [0.3, 0.4) is 0 Å². The minimum absolute atomic E-state index is 0.0579. The maximum absolute atomic E-state index is 11.9. The van der Waals surface area contributed by atoms with Crippen LogP contribution in [-0.2, 0) is 14.6 Å². The molecule has 6 heteroatoms. The molecule has 0 unspecified atom stereocenters. The van der Waals surface area contributed by atoms with Crippen molar-refractivity contribution in [3.05, 3.63) is 18.3 Å². The molecule has 0 aromatic carbocycles. The average Bonchev–Trinajstić information content (AvgIpc) is 2.28. The lowest BCUT2D eigenvalue weighted by Crippen LogP contribution is -2.16. The molecule has 0 fully saturated rings. The molecule has 0 saturated carbocycles. The number of anilines is 1. The van der Waals surface area contributed by atoms with Crippen molar-refractivity contribution in [1.29, 1.82) is 0 Å². The predicted molar refractivity (Wildman–Crippen MR) is 71.0 cm³/mol. The van der Waals surface area contributed by atoms with Crippen molar-refractivity contribution in [2.75, 3.05) is 24.7 Å². The van der Waals surface area contributed by atoms with E-state index in [4.69, 9.17) is 10.5 Å². The molecule has 0 spiro atoms. The van der Waals surface area contributed by atoms with E-state index in [0.717, 1.165) is 6.42 Å². The van der Waals surface area contributed by atoms with Gasteiger partial charge in [0.25, 0.3) is 0 Å². The first-order chi connectivity index (χ1) is 8.43. The summed E-state index contributed by atoms with van der Waals surface area (Å²) < 4.78 is 29.1. The van der Waals surface area contributed by atoms with Gasteiger partial charge in [0.1, 0.15) is 0 Å². The molecule has 0 amide bonds. The van der Waals surface area contributed by atoms with Crippen LogP contribution in [0.5, 0.6) is 0 Å². The second kappa shape index (κ2) is 6.70. The molecule has 5 nitrogen and oxygen atoms in total. The Balaban J connectivity index is 2.49. The largest absolute Gasteiger partial charge is 0.396 e. The molecule has 1 aromatic rings. The minimum atomic E-state index is -3.45. The van der Waals surface area contributed by atoms with Crippen LogP contribution in [0.15, 0.2) is 23.4 Å². The fourth-order valence-electron chi connectivity index (χ4n) is 1.35. The summed E-state index contributed by atoms with van der Waals surface area (Å²) in [6.45, 7) is 4.93. The molecule has 0 radical (unpaired) electrons. The quantitative estimate of drug-likeness (QED) is 0.761. The molecule has 2 N–H and O–H groups in total. The Morgan fingerprint density at radius 1 is 1.39 bits per heavy atom. The summed E-state index contributed by atoms with van der Waals surface area (Å²) in [5.74, 6) is 0.458. The first-order valence-corrected chi connectivity index (χ1v) is 7.59. The lowest BCUT2D eigenvalue weighted by atomic mass is 10.1. The molecular weight excluding hydrogens is 252 g/mol. The highest BCUT2D eigenvalue weighted by molar-refractivity contribution is 7.91. The van der Waals surface area contributed by atoms with Gasteiger partial charge in [0, 0.05) is 12.8 Å². The predicted octanol–water partition coefficient (Wildman–Crippen LogP) is 1.50. The van der Waals surface area contributed by atoms with Gasteiger partial charge in [-0.05, 0) is 24.5 Å². The molecule has 0 saturated heterocycles. The van der Waals surface area contributed by atoms with Crippen molar-refractivity contribution in [1.82, 2.24) is 4.98 Å². The Morgan fingerprint density at radius 3 is 2.72 bits per heavy atom. The van der Waals surface area contributed by atoms with E-state index in [2.05, 4.69) is 18.8 Å². The van der Waals surface area contributed by atoms with Gasteiger partial charge in [-0.1, -0.05) is 13.8 Å². The van der Waals surface area contributed by atoms with Crippen molar-refractivity contribution in [2.45, 2.75) is 25.3 Å². The number of nitrogens with zero attached hydrogens (tertiary/aromatic N) is 1. The number of rotatable bonds is 7. The fourth-order valence-corrected chi connectivity index (χ4v) is 2.53. The first kappa shape index (κ1) is 14.9. The highest BCUT2D eigenvalue weighted by Gasteiger charge is 2.18. The van der Waals surface area contributed by atoms with Gasteiger partial charge < -0.3 is 10.5 Å². The van der Waals surface area contributed by atoms with Gasteiger partial charge in [-0.25, -0.2) is 13.4 Å². The summed E-state index contributed by atoms with van der Waals surface area (Å²) in [5, 5.41) is -0.0579. The van der Waals surface area contributed by atoms with Gasteiger partial charge in [-0.15, -0.1) is 0 Å². The molecule has 102 valence electrons. The zero-order chi connectivity index (χ0) is 13.6. The molecule has 18 heavy (non-hydrogen) atoms. The second-order valence-electron chi connectivity index (χ2n) is 4.51. The Hall–Kier alpha value is -1.14. The molecular formula is C12H20N2O3S. The van der Waals surface area contributed by atoms with Crippen molar-refractivity contribution >= 4 is 15.5 Å². The Kier molecular flexibility index (Phi) is 5.55. The van der Waals surface area contributed by atoms with Gasteiger partial charge in [0.2, 0.25) is 0 Å². The molecule has 0 aliphatic heterocycles. The molecule has 0 aliphatic carbocycles. The number of nitrogens with two attached hydrogens (primary N) is 1. The van der Waals surface area contributed by atoms with E-state index >= 15 is 0 Å². The molecule has 0 aliphatic rings. The third-order valence-corrected chi connectivity index (χ3v) is 4.07. The number of sulfone groups is 1. The van der Waals surface area contributed by atoms with Crippen LogP contribution in [0.25, 0.3) is 0 Å².